The van der Waals surface area contributed by atoms with Crippen molar-refractivity contribution in [2.45, 2.75) is 25.8 Å². The van der Waals surface area contributed by atoms with Gasteiger partial charge in [-0.2, -0.15) is 0 Å². The van der Waals surface area contributed by atoms with Crippen molar-refractivity contribution >= 4 is 27.4 Å². The molecular formula is C12H16ClNO3S. The normalized spacial score (nSPS) is 12.4. The predicted molar refractivity (Wildman–Crippen MR) is 72.2 cm³/mol. The highest BCUT2D eigenvalue weighted by Crippen LogP contribution is 2.14. The number of Topliss-reactive ketones (excluding diaryl/α,β-unsaturated/α-hetero) is 1. The zero-order valence-electron chi connectivity index (χ0n) is 10.5. The van der Waals surface area contributed by atoms with Gasteiger partial charge in [0.1, 0.15) is 0 Å². The van der Waals surface area contributed by atoms with E-state index in [-0.39, 0.29) is 12.2 Å². The standard InChI is InChI=1S/C12H16ClNO3S/c1-12(2,14-18(3,16)17)11(15)8-9-4-6-10(13)7-5-9/h4-7,14H,8H2,1-3H3. The van der Waals surface area contributed by atoms with E-state index >= 15 is 0 Å². The molecule has 0 aromatic heterocycles. The maximum Gasteiger partial charge on any atom is 0.209 e. The minimum Gasteiger partial charge on any atom is -0.297 e. The van der Waals surface area contributed by atoms with E-state index < -0.39 is 15.6 Å². The van der Waals surface area contributed by atoms with Crippen molar-refractivity contribution in [1.82, 2.24) is 4.72 Å². The van der Waals surface area contributed by atoms with Crippen molar-refractivity contribution in [1.29, 1.82) is 0 Å². The Labute approximate surface area is 112 Å². The molecule has 0 heterocycles. The van der Waals surface area contributed by atoms with Crippen LogP contribution in [0.4, 0.5) is 0 Å². The second-order valence-corrected chi connectivity index (χ2v) is 6.91. The molecular weight excluding hydrogens is 274 g/mol. The quantitative estimate of drug-likeness (QED) is 0.899. The van der Waals surface area contributed by atoms with Crippen molar-refractivity contribution in [3.8, 4) is 0 Å². The predicted octanol–water partition coefficient (Wildman–Crippen LogP) is 1.78. The summed E-state index contributed by atoms with van der Waals surface area (Å²) in [7, 11) is -3.42. The van der Waals surface area contributed by atoms with Gasteiger partial charge in [0.05, 0.1) is 11.8 Å². The lowest BCUT2D eigenvalue weighted by Crippen LogP contribution is -2.49. The van der Waals surface area contributed by atoms with Crippen LogP contribution in [0.1, 0.15) is 19.4 Å². The molecule has 1 rings (SSSR count). The molecule has 0 spiro atoms. The van der Waals surface area contributed by atoms with E-state index in [1.165, 1.54) is 0 Å². The molecule has 1 aromatic rings. The summed E-state index contributed by atoms with van der Waals surface area (Å²) in [6.07, 6.45) is 1.19. The first-order chi connectivity index (χ1) is 8.10. The summed E-state index contributed by atoms with van der Waals surface area (Å²) in [5, 5.41) is 0.597. The zero-order chi connectivity index (χ0) is 14.0. The van der Waals surface area contributed by atoms with Crippen molar-refractivity contribution < 1.29 is 13.2 Å². The topological polar surface area (TPSA) is 63.2 Å². The Bertz CT molecular complexity index is 535. The zero-order valence-corrected chi connectivity index (χ0v) is 12.1. The van der Waals surface area contributed by atoms with Gasteiger partial charge in [-0.25, -0.2) is 13.1 Å². The average Bonchev–Trinajstić information content (AvgIpc) is 2.17. The first-order valence-corrected chi connectivity index (χ1v) is 7.64. The third-order valence-electron chi connectivity index (χ3n) is 2.42. The van der Waals surface area contributed by atoms with Crippen LogP contribution in [0.2, 0.25) is 5.02 Å². The van der Waals surface area contributed by atoms with Gasteiger partial charge < -0.3 is 0 Å². The summed E-state index contributed by atoms with van der Waals surface area (Å²) in [5.74, 6) is -0.199. The highest BCUT2D eigenvalue weighted by atomic mass is 35.5. The van der Waals surface area contributed by atoms with Crippen LogP contribution in [0.15, 0.2) is 24.3 Å². The monoisotopic (exact) mass is 289 g/mol. The molecule has 0 aliphatic carbocycles. The molecule has 100 valence electrons. The number of ketones is 1. The van der Waals surface area contributed by atoms with Crippen LogP contribution in [0.3, 0.4) is 0 Å². The lowest BCUT2D eigenvalue weighted by molar-refractivity contribution is -0.122. The lowest BCUT2D eigenvalue weighted by Gasteiger charge is -2.23. The number of hydrogen-bond donors (Lipinski definition) is 1. The van der Waals surface area contributed by atoms with Crippen molar-refractivity contribution in [2.75, 3.05) is 6.26 Å². The van der Waals surface area contributed by atoms with E-state index in [0.717, 1.165) is 11.8 Å². The number of rotatable bonds is 5. The van der Waals surface area contributed by atoms with Crippen LogP contribution in [-0.2, 0) is 21.2 Å². The number of carbonyl (C=O) groups excluding carboxylic acids is 1. The molecule has 0 radical (unpaired) electrons. The van der Waals surface area contributed by atoms with Gasteiger partial charge in [0.15, 0.2) is 5.78 Å². The third kappa shape index (κ3) is 4.76. The second kappa shape index (κ2) is 5.38. The summed E-state index contributed by atoms with van der Waals surface area (Å²) < 4.78 is 24.7. The molecule has 0 fully saturated rings. The molecule has 4 nitrogen and oxygen atoms in total. The Morgan fingerprint density at radius 3 is 2.22 bits per heavy atom. The van der Waals surface area contributed by atoms with Crippen LogP contribution < -0.4 is 4.72 Å². The van der Waals surface area contributed by atoms with E-state index in [4.69, 9.17) is 11.6 Å². The highest BCUT2D eigenvalue weighted by Gasteiger charge is 2.30. The minimum absolute atomic E-state index is 0.159. The minimum atomic E-state index is -3.42. The van der Waals surface area contributed by atoms with Crippen LogP contribution in [0.25, 0.3) is 0 Å². The van der Waals surface area contributed by atoms with Gasteiger partial charge in [-0.15, -0.1) is 0 Å². The summed E-state index contributed by atoms with van der Waals surface area (Å²) in [6, 6.07) is 6.88. The third-order valence-corrected chi connectivity index (χ3v) is 3.55. The molecule has 18 heavy (non-hydrogen) atoms. The van der Waals surface area contributed by atoms with Crippen molar-refractivity contribution in [3.63, 3.8) is 0 Å². The first kappa shape index (κ1) is 15.1. The van der Waals surface area contributed by atoms with Gasteiger partial charge in [-0.1, -0.05) is 23.7 Å². The maximum atomic E-state index is 12.0. The Morgan fingerprint density at radius 2 is 1.78 bits per heavy atom. The molecule has 0 unspecified atom stereocenters. The molecule has 0 atom stereocenters. The Kier molecular flexibility index (Phi) is 4.53. The molecule has 6 heteroatoms. The van der Waals surface area contributed by atoms with Crippen LogP contribution in [-0.4, -0.2) is 26.0 Å². The molecule has 0 amide bonds. The van der Waals surface area contributed by atoms with Gasteiger partial charge in [0, 0.05) is 11.4 Å². The summed E-state index contributed by atoms with van der Waals surface area (Å²) in [4.78, 5) is 12.0. The number of benzene rings is 1. The number of carbonyl (C=O) groups is 1. The largest absolute Gasteiger partial charge is 0.297 e. The SMILES string of the molecule is CC(C)(NS(C)(=O)=O)C(=O)Cc1ccc(Cl)cc1. The molecule has 0 aliphatic heterocycles. The lowest BCUT2D eigenvalue weighted by atomic mass is 9.95. The van der Waals surface area contributed by atoms with Crippen molar-refractivity contribution in [2.24, 2.45) is 0 Å². The van der Waals surface area contributed by atoms with Gasteiger partial charge in [0.25, 0.3) is 0 Å². The smallest absolute Gasteiger partial charge is 0.209 e. The number of hydrogen-bond acceptors (Lipinski definition) is 3. The van der Waals surface area contributed by atoms with E-state index in [1.807, 2.05) is 0 Å². The molecule has 0 bridgehead atoms. The van der Waals surface area contributed by atoms with Crippen LogP contribution in [0.5, 0.6) is 0 Å². The fourth-order valence-electron chi connectivity index (χ4n) is 1.53. The number of sulfonamides is 1. The van der Waals surface area contributed by atoms with Gasteiger partial charge in [-0.3, -0.25) is 4.79 Å². The summed E-state index contributed by atoms with van der Waals surface area (Å²) in [5.41, 5.74) is -0.319. The molecule has 1 aromatic carbocycles. The van der Waals surface area contributed by atoms with Crippen LogP contribution in [0, 0.1) is 0 Å². The van der Waals surface area contributed by atoms with E-state index in [2.05, 4.69) is 4.72 Å². The highest BCUT2D eigenvalue weighted by molar-refractivity contribution is 7.88. The number of halogens is 1. The van der Waals surface area contributed by atoms with E-state index in [1.54, 1.807) is 38.1 Å². The molecule has 1 N–H and O–H groups in total. The molecule has 0 saturated heterocycles. The Morgan fingerprint density at radius 1 is 1.28 bits per heavy atom. The fourth-order valence-corrected chi connectivity index (χ4v) is 2.70. The fraction of sp³-hybridized carbons (Fsp3) is 0.417. The van der Waals surface area contributed by atoms with Gasteiger partial charge in [0.2, 0.25) is 10.0 Å². The average molecular weight is 290 g/mol. The Balaban J connectivity index is 2.79. The first-order valence-electron chi connectivity index (χ1n) is 5.37. The van der Waals surface area contributed by atoms with Crippen LogP contribution >= 0.6 is 11.6 Å². The molecule has 0 saturated carbocycles. The number of nitrogens with one attached hydrogen (secondary N) is 1. The van der Waals surface area contributed by atoms with Gasteiger partial charge >= 0.3 is 0 Å². The maximum absolute atomic E-state index is 12.0. The van der Waals surface area contributed by atoms with E-state index in [9.17, 15) is 13.2 Å². The second-order valence-electron chi connectivity index (χ2n) is 4.73. The summed E-state index contributed by atoms with van der Waals surface area (Å²) >= 11 is 5.75. The van der Waals surface area contributed by atoms with Gasteiger partial charge in [-0.05, 0) is 31.5 Å². The molecule has 0 aliphatic rings. The van der Waals surface area contributed by atoms with Crippen molar-refractivity contribution in [3.05, 3.63) is 34.9 Å². The van der Waals surface area contributed by atoms with E-state index in [0.29, 0.717) is 5.02 Å². The summed E-state index contributed by atoms with van der Waals surface area (Å²) in [6.45, 7) is 3.10. The Hall–Kier alpha value is -0.910.